The Kier molecular flexibility index (Phi) is 10.4. The van der Waals surface area contributed by atoms with E-state index in [-0.39, 0.29) is 56.3 Å². The highest BCUT2D eigenvalue weighted by atomic mass is 16.6. The van der Waals surface area contributed by atoms with Gasteiger partial charge in [0.15, 0.2) is 0 Å². The van der Waals surface area contributed by atoms with Crippen LogP contribution in [0.2, 0.25) is 0 Å². The van der Waals surface area contributed by atoms with Crippen LogP contribution in [0.25, 0.3) is 0 Å². The van der Waals surface area contributed by atoms with E-state index in [1.54, 1.807) is 0 Å². The predicted molar refractivity (Wildman–Crippen MR) is 94.5 cm³/mol. The van der Waals surface area contributed by atoms with Crippen molar-refractivity contribution in [3.8, 4) is 0 Å². The summed E-state index contributed by atoms with van der Waals surface area (Å²) < 4.78 is 34.2. The zero-order valence-electron chi connectivity index (χ0n) is 16.2. The second-order valence-electron chi connectivity index (χ2n) is 7.34. The summed E-state index contributed by atoms with van der Waals surface area (Å²) in [7, 11) is 0. The summed E-state index contributed by atoms with van der Waals surface area (Å²) in [6.45, 7) is 6.08. The topological polar surface area (TPSA) is 116 Å². The SMILES string of the molecule is CC(C)C(OCC1COCC(CO)O1)C1COC(COCC(O)CO)CO1. The van der Waals surface area contributed by atoms with E-state index in [2.05, 4.69) is 13.8 Å². The lowest BCUT2D eigenvalue weighted by Gasteiger charge is -2.37. The van der Waals surface area contributed by atoms with Crippen LogP contribution >= 0.6 is 0 Å². The molecule has 2 saturated heterocycles. The second kappa shape index (κ2) is 12.3. The molecule has 3 N–H and O–H groups in total. The number of aliphatic hydroxyl groups excluding tert-OH is 3. The maximum absolute atomic E-state index is 9.27. The molecule has 2 fully saturated rings. The van der Waals surface area contributed by atoms with E-state index >= 15 is 0 Å². The normalized spacial score (nSPS) is 31.8. The van der Waals surface area contributed by atoms with Crippen LogP contribution in [0.3, 0.4) is 0 Å². The molecule has 27 heavy (non-hydrogen) atoms. The molecule has 0 aromatic rings. The van der Waals surface area contributed by atoms with Gasteiger partial charge in [-0.1, -0.05) is 13.8 Å². The first-order valence-electron chi connectivity index (χ1n) is 9.59. The molecule has 0 aliphatic carbocycles. The van der Waals surface area contributed by atoms with Crippen LogP contribution in [0.15, 0.2) is 0 Å². The molecule has 160 valence electrons. The summed E-state index contributed by atoms with van der Waals surface area (Å²) in [5.41, 5.74) is 0. The van der Waals surface area contributed by atoms with Gasteiger partial charge >= 0.3 is 0 Å². The standard InChI is InChI=1S/C18H34O9/c1-12(2)18(26-10-16-8-23-6-14(4-20)27-16)17-11-24-15(9-25-17)7-22-5-13(21)3-19/h12-21H,3-11H2,1-2H3. The maximum Gasteiger partial charge on any atom is 0.107 e. The molecule has 9 heteroatoms. The molecule has 0 radical (unpaired) electrons. The van der Waals surface area contributed by atoms with E-state index in [9.17, 15) is 10.2 Å². The average Bonchev–Trinajstić information content (AvgIpc) is 2.69. The Morgan fingerprint density at radius 3 is 2.37 bits per heavy atom. The second-order valence-corrected chi connectivity index (χ2v) is 7.34. The van der Waals surface area contributed by atoms with Gasteiger partial charge in [-0.3, -0.25) is 0 Å². The van der Waals surface area contributed by atoms with Crippen molar-refractivity contribution in [1.82, 2.24) is 0 Å². The Morgan fingerprint density at radius 1 is 0.963 bits per heavy atom. The molecular formula is C18H34O9. The minimum Gasteiger partial charge on any atom is -0.394 e. The predicted octanol–water partition coefficient (Wildman–Crippen LogP) is -1.04. The lowest BCUT2D eigenvalue weighted by molar-refractivity contribution is -0.214. The summed E-state index contributed by atoms with van der Waals surface area (Å²) in [6.07, 6.45) is -1.94. The fourth-order valence-corrected chi connectivity index (χ4v) is 3.04. The van der Waals surface area contributed by atoms with Crippen molar-refractivity contribution in [2.24, 2.45) is 5.92 Å². The van der Waals surface area contributed by atoms with Crippen LogP contribution in [-0.2, 0) is 28.4 Å². The van der Waals surface area contributed by atoms with Gasteiger partial charge in [0.05, 0.1) is 65.6 Å². The van der Waals surface area contributed by atoms with Crippen LogP contribution in [0.1, 0.15) is 13.8 Å². The molecule has 2 rings (SSSR count). The summed E-state index contributed by atoms with van der Waals surface area (Å²) >= 11 is 0. The van der Waals surface area contributed by atoms with E-state index in [4.69, 9.17) is 33.5 Å². The Labute approximate surface area is 160 Å². The molecular weight excluding hydrogens is 360 g/mol. The highest BCUT2D eigenvalue weighted by molar-refractivity contribution is 4.79. The number of ether oxygens (including phenoxy) is 6. The van der Waals surface area contributed by atoms with Gasteiger partial charge < -0.3 is 43.7 Å². The summed E-state index contributed by atoms with van der Waals surface area (Å²) in [5, 5.41) is 27.2. The van der Waals surface area contributed by atoms with Gasteiger partial charge in [-0.15, -0.1) is 0 Å². The summed E-state index contributed by atoms with van der Waals surface area (Å²) in [4.78, 5) is 0. The molecule has 6 unspecified atom stereocenters. The van der Waals surface area contributed by atoms with Gasteiger partial charge in [-0.05, 0) is 5.92 Å². The van der Waals surface area contributed by atoms with Gasteiger partial charge in [0.25, 0.3) is 0 Å². The third-order valence-electron chi connectivity index (χ3n) is 4.51. The molecule has 0 bridgehead atoms. The molecule has 0 amide bonds. The van der Waals surface area contributed by atoms with Gasteiger partial charge in [-0.2, -0.15) is 0 Å². The fourth-order valence-electron chi connectivity index (χ4n) is 3.04. The van der Waals surface area contributed by atoms with Crippen molar-refractivity contribution < 1.29 is 43.7 Å². The van der Waals surface area contributed by atoms with Crippen molar-refractivity contribution in [3.63, 3.8) is 0 Å². The Morgan fingerprint density at radius 2 is 1.74 bits per heavy atom. The van der Waals surface area contributed by atoms with E-state index in [1.807, 2.05) is 0 Å². The van der Waals surface area contributed by atoms with Crippen LogP contribution in [-0.4, -0.2) is 111 Å². The lowest BCUT2D eigenvalue weighted by Crippen LogP contribution is -2.48. The summed E-state index contributed by atoms with van der Waals surface area (Å²) in [5.74, 6) is 0.226. The van der Waals surface area contributed by atoms with Gasteiger partial charge in [0.2, 0.25) is 0 Å². The molecule has 9 nitrogen and oxygen atoms in total. The van der Waals surface area contributed by atoms with Gasteiger partial charge in [-0.25, -0.2) is 0 Å². The van der Waals surface area contributed by atoms with Gasteiger partial charge in [0, 0.05) is 0 Å². The van der Waals surface area contributed by atoms with Crippen molar-refractivity contribution in [1.29, 1.82) is 0 Å². The van der Waals surface area contributed by atoms with Crippen molar-refractivity contribution in [2.75, 3.05) is 59.5 Å². The highest BCUT2D eigenvalue weighted by Crippen LogP contribution is 2.20. The number of aliphatic hydroxyl groups is 3. The van der Waals surface area contributed by atoms with E-state index < -0.39 is 6.10 Å². The van der Waals surface area contributed by atoms with E-state index in [0.29, 0.717) is 39.6 Å². The van der Waals surface area contributed by atoms with Crippen LogP contribution < -0.4 is 0 Å². The molecule has 6 atom stereocenters. The minimum atomic E-state index is -0.877. The fraction of sp³-hybridized carbons (Fsp3) is 1.00. The lowest BCUT2D eigenvalue weighted by atomic mass is 10.0. The zero-order valence-corrected chi connectivity index (χ0v) is 16.2. The minimum absolute atomic E-state index is 0.0653. The molecule has 0 aromatic heterocycles. The van der Waals surface area contributed by atoms with Gasteiger partial charge in [0.1, 0.15) is 30.5 Å². The first-order chi connectivity index (χ1) is 13.0. The van der Waals surface area contributed by atoms with Crippen molar-refractivity contribution in [2.45, 2.75) is 50.5 Å². The van der Waals surface area contributed by atoms with Crippen LogP contribution in [0, 0.1) is 5.92 Å². The first-order valence-corrected chi connectivity index (χ1v) is 9.59. The molecule has 2 heterocycles. The third-order valence-corrected chi connectivity index (χ3v) is 4.51. The number of hydrogen-bond acceptors (Lipinski definition) is 9. The average molecular weight is 394 g/mol. The molecule has 0 aromatic carbocycles. The molecule has 0 saturated carbocycles. The number of rotatable bonds is 11. The first kappa shape index (κ1) is 22.9. The van der Waals surface area contributed by atoms with Crippen molar-refractivity contribution >= 4 is 0 Å². The maximum atomic E-state index is 9.27. The Balaban J connectivity index is 1.70. The highest BCUT2D eigenvalue weighted by Gasteiger charge is 2.33. The van der Waals surface area contributed by atoms with E-state index in [0.717, 1.165) is 0 Å². The monoisotopic (exact) mass is 394 g/mol. The van der Waals surface area contributed by atoms with Crippen LogP contribution in [0.5, 0.6) is 0 Å². The quantitative estimate of drug-likeness (QED) is 0.404. The molecule has 2 aliphatic rings. The number of hydrogen-bond donors (Lipinski definition) is 3. The largest absolute Gasteiger partial charge is 0.394 e. The Bertz CT molecular complexity index is 387. The molecule has 2 aliphatic heterocycles. The Hall–Kier alpha value is -0.360. The molecule has 0 spiro atoms. The summed E-state index contributed by atoms with van der Waals surface area (Å²) in [6, 6.07) is 0. The van der Waals surface area contributed by atoms with E-state index in [1.165, 1.54) is 0 Å². The smallest absolute Gasteiger partial charge is 0.107 e. The third kappa shape index (κ3) is 7.88. The zero-order chi connectivity index (χ0) is 19.6. The van der Waals surface area contributed by atoms with Crippen LogP contribution in [0.4, 0.5) is 0 Å². The van der Waals surface area contributed by atoms with Crippen molar-refractivity contribution in [3.05, 3.63) is 0 Å².